The average Bonchev–Trinajstić information content (AvgIpc) is 3.35. The molecule has 222 valence electrons. The van der Waals surface area contributed by atoms with Crippen molar-refractivity contribution in [3.8, 4) is 23.5 Å². The highest BCUT2D eigenvalue weighted by Gasteiger charge is 2.32. The number of aromatic hydroxyl groups is 4. The highest BCUT2D eigenvalue weighted by molar-refractivity contribution is 5.71. The molecule has 0 amide bonds. The average molecular weight is 571 g/mol. The summed E-state index contributed by atoms with van der Waals surface area (Å²) in [6.45, 7) is 5.01. The molecule has 2 aromatic rings. The van der Waals surface area contributed by atoms with E-state index < -0.39 is 47.4 Å². The highest BCUT2D eigenvalue weighted by atomic mass is 16.8. The van der Waals surface area contributed by atoms with Gasteiger partial charge in [0.25, 0.3) is 0 Å². The maximum atomic E-state index is 12.1. The van der Waals surface area contributed by atoms with Crippen LogP contribution in [0, 0.1) is 17.8 Å². The number of ether oxygens (including phenoxy) is 4. The predicted octanol–water partition coefficient (Wildman–Crippen LogP) is 2.33. The van der Waals surface area contributed by atoms with Crippen LogP contribution in [0.15, 0.2) is 24.3 Å². The van der Waals surface area contributed by atoms with Crippen LogP contribution in [0.2, 0.25) is 0 Å². The summed E-state index contributed by atoms with van der Waals surface area (Å²) < 4.78 is 22.1. The fourth-order valence-corrected chi connectivity index (χ4v) is 4.36. The van der Waals surface area contributed by atoms with E-state index in [-0.39, 0.29) is 44.2 Å². The van der Waals surface area contributed by atoms with E-state index in [1.165, 1.54) is 0 Å². The van der Waals surface area contributed by atoms with Crippen LogP contribution in [0.4, 0.5) is 9.59 Å². The second kappa shape index (κ2) is 13.2. The lowest BCUT2D eigenvalue weighted by molar-refractivity contribution is -0.161. The van der Waals surface area contributed by atoms with Crippen molar-refractivity contribution in [2.24, 2.45) is 17.8 Å². The Hall–Kier alpha value is -4.27. The Kier molecular flexibility index (Phi) is 9.98. The van der Waals surface area contributed by atoms with Gasteiger partial charge in [-0.25, -0.2) is 14.4 Å². The highest BCUT2D eigenvalue weighted by Crippen LogP contribution is 2.34. The van der Waals surface area contributed by atoms with Gasteiger partial charge in [-0.05, 0) is 57.8 Å². The Morgan fingerprint density at radius 2 is 1.10 bits per heavy atom. The van der Waals surface area contributed by atoms with Gasteiger partial charge in [-0.3, -0.25) is 9.68 Å². The number of hydrogen-bond acceptors (Lipinski definition) is 13. The zero-order valence-electron chi connectivity index (χ0n) is 22.3. The van der Waals surface area contributed by atoms with Crippen molar-refractivity contribution in [2.75, 3.05) is 26.4 Å². The van der Waals surface area contributed by atoms with E-state index in [1.807, 2.05) is 0 Å². The largest absolute Gasteiger partial charge is 0.533 e. The second-order valence-corrected chi connectivity index (χ2v) is 10.4. The maximum Gasteiger partial charge on any atom is 0.533 e. The fourth-order valence-electron chi connectivity index (χ4n) is 4.36. The lowest BCUT2D eigenvalue weighted by Gasteiger charge is -2.34. The van der Waals surface area contributed by atoms with Gasteiger partial charge in [0, 0.05) is 24.3 Å². The van der Waals surface area contributed by atoms with Crippen molar-refractivity contribution in [2.45, 2.75) is 45.6 Å². The number of nitrogens with zero attached hydrogens (tertiary/aromatic N) is 2. The normalized spacial score (nSPS) is 19.0. The Bertz CT molecular complexity index is 1050. The van der Waals surface area contributed by atoms with Crippen LogP contribution in [0.5, 0.6) is 23.5 Å². The lowest BCUT2D eigenvalue weighted by Crippen LogP contribution is -2.33. The summed E-state index contributed by atoms with van der Waals surface area (Å²) in [5.41, 5.74) is -0.651. The van der Waals surface area contributed by atoms with Crippen LogP contribution in [-0.4, -0.2) is 80.2 Å². The monoisotopic (exact) mass is 570 g/mol. The summed E-state index contributed by atoms with van der Waals surface area (Å²) in [6.07, 6.45) is -0.745. The van der Waals surface area contributed by atoms with E-state index in [1.54, 1.807) is 20.8 Å². The van der Waals surface area contributed by atoms with Crippen molar-refractivity contribution >= 4 is 18.3 Å². The molecule has 0 radical (unpaired) electrons. The van der Waals surface area contributed by atoms with Gasteiger partial charge in [0.05, 0.1) is 19.8 Å². The van der Waals surface area contributed by atoms with E-state index in [4.69, 9.17) is 28.6 Å². The van der Waals surface area contributed by atoms with E-state index in [9.17, 15) is 34.8 Å². The molecule has 0 aromatic carbocycles. The fraction of sp³-hybridized carbons (Fsp3) is 0.560. The number of carbonyl (C=O) groups excluding carboxylic acids is 3. The van der Waals surface area contributed by atoms with Gasteiger partial charge in [0.2, 0.25) is 23.5 Å². The number of esters is 1. The SMILES string of the molecule is CC(C)(C)OC(=O)COCC1C[C@@H](COC(=O)On2c(O)ccc2O)C[C@@H](COC(=O)On2c(O)ccc2O)C1. The molecule has 3 atom stereocenters. The topological polar surface area (TPSA) is 197 Å². The molecule has 15 nitrogen and oxygen atoms in total. The summed E-state index contributed by atoms with van der Waals surface area (Å²) >= 11 is 0. The minimum absolute atomic E-state index is 0.0871. The molecule has 4 N–H and O–H groups in total. The molecule has 1 unspecified atom stereocenters. The van der Waals surface area contributed by atoms with Gasteiger partial charge in [-0.15, -0.1) is 9.46 Å². The second-order valence-electron chi connectivity index (χ2n) is 10.4. The molecule has 1 aliphatic rings. The first-order valence-corrected chi connectivity index (χ1v) is 12.5. The van der Waals surface area contributed by atoms with Gasteiger partial charge in [0.15, 0.2) is 0 Å². The minimum atomic E-state index is -1.16. The first-order valence-electron chi connectivity index (χ1n) is 12.5. The van der Waals surface area contributed by atoms with Gasteiger partial charge >= 0.3 is 18.3 Å². The molecule has 0 bridgehead atoms. The molecule has 0 saturated heterocycles. The molecule has 40 heavy (non-hydrogen) atoms. The third-order valence-electron chi connectivity index (χ3n) is 5.79. The van der Waals surface area contributed by atoms with E-state index in [2.05, 4.69) is 0 Å². The Morgan fingerprint density at radius 3 is 1.48 bits per heavy atom. The molecule has 3 rings (SSSR count). The molecular weight excluding hydrogens is 536 g/mol. The molecule has 1 fully saturated rings. The zero-order valence-corrected chi connectivity index (χ0v) is 22.3. The summed E-state index contributed by atoms with van der Waals surface area (Å²) in [7, 11) is 0. The Morgan fingerprint density at radius 1 is 0.725 bits per heavy atom. The quantitative estimate of drug-likeness (QED) is 0.240. The van der Waals surface area contributed by atoms with E-state index >= 15 is 0 Å². The van der Waals surface area contributed by atoms with Crippen LogP contribution in [-0.2, 0) is 23.7 Å². The standard InChI is InChI=1S/C25H34N2O13/c1-25(2,3)38-22(32)14-35-11-15-8-16(12-36-23(33)39-26-18(28)4-5-19(26)29)10-17(9-15)13-37-24(34)40-27-20(30)6-7-21(27)31/h4-7,15-17,28-31H,8-14H2,1-3H3/t15?,16-,17+. The maximum absolute atomic E-state index is 12.1. The van der Waals surface area contributed by atoms with E-state index in [0.29, 0.717) is 28.7 Å². The molecule has 1 aliphatic carbocycles. The molecular formula is C25H34N2O13. The lowest BCUT2D eigenvalue weighted by atomic mass is 9.76. The molecule has 2 aromatic heterocycles. The van der Waals surface area contributed by atoms with Crippen molar-refractivity contribution in [3.05, 3.63) is 24.3 Å². The van der Waals surface area contributed by atoms with Crippen molar-refractivity contribution in [3.63, 3.8) is 0 Å². The summed E-state index contributed by atoms with van der Waals surface area (Å²) in [5, 5.41) is 38.4. The first-order chi connectivity index (χ1) is 18.8. The van der Waals surface area contributed by atoms with Gasteiger partial charge < -0.3 is 39.4 Å². The van der Waals surface area contributed by atoms with Crippen LogP contribution < -0.4 is 9.68 Å². The third kappa shape index (κ3) is 9.18. The molecule has 1 saturated carbocycles. The minimum Gasteiger partial charge on any atom is -0.492 e. The van der Waals surface area contributed by atoms with Crippen LogP contribution in [0.1, 0.15) is 40.0 Å². The van der Waals surface area contributed by atoms with E-state index in [0.717, 1.165) is 24.3 Å². The van der Waals surface area contributed by atoms with Crippen LogP contribution in [0.3, 0.4) is 0 Å². The number of aromatic nitrogens is 2. The smallest absolute Gasteiger partial charge is 0.492 e. The van der Waals surface area contributed by atoms with Gasteiger partial charge in [0.1, 0.15) is 12.2 Å². The molecule has 0 spiro atoms. The van der Waals surface area contributed by atoms with Gasteiger partial charge in [-0.2, -0.15) is 0 Å². The summed E-state index contributed by atoms with van der Waals surface area (Å²) in [5.74, 6) is -3.04. The van der Waals surface area contributed by atoms with Crippen molar-refractivity contribution in [1.82, 2.24) is 9.46 Å². The number of hydrogen-bond donors (Lipinski definition) is 4. The number of carbonyl (C=O) groups is 3. The van der Waals surface area contributed by atoms with Crippen LogP contribution >= 0.6 is 0 Å². The Labute approximate surface area is 229 Å². The summed E-state index contributed by atoms with van der Waals surface area (Å²) in [6, 6.07) is 4.50. The molecule has 2 heterocycles. The van der Waals surface area contributed by atoms with Crippen LogP contribution in [0.25, 0.3) is 0 Å². The third-order valence-corrected chi connectivity index (χ3v) is 5.79. The Balaban J connectivity index is 1.54. The predicted molar refractivity (Wildman–Crippen MR) is 132 cm³/mol. The zero-order chi connectivity index (χ0) is 29.4. The molecule has 0 aliphatic heterocycles. The summed E-state index contributed by atoms with van der Waals surface area (Å²) in [4.78, 5) is 45.8. The van der Waals surface area contributed by atoms with Crippen molar-refractivity contribution in [1.29, 1.82) is 0 Å². The molecule has 15 heteroatoms. The van der Waals surface area contributed by atoms with Crippen molar-refractivity contribution < 1.29 is 63.4 Å². The number of rotatable bonds is 10. The first kappa shape index (κ1) is 30.3. The van der Waals surface area contributed by atoms with Gasteiger partial charge in [-0.1, -0.05) is 0 Å².